The quantitative estimate of drug-likeness (QED) is 0.815. The van der Waals surface area contributed by atoms with Crippen LogP contribution in [-0.4, -0.2) is 53.4 Å². The molecule has 0 saturated carbocycles. The highest BCUT2D eigenvalue weighted by Gasteiger charge is 2.35. The zero-order valence-electron chi connectivity index (χ0n) is 13.2. The highest BCUT2D eigenvalue weighted by Crippen LogP contribution is 2.31. The third-order valence-electron chi connectivity index (χ3n) is 3.98. The highest BCUT2D eigenvalue weighted by molar-refractivity contribution is 5.82. The molecular formula is C16H17N3O5. The lowest BCUT2D eigenvalue weighted by Crippen LogP contribution is -2.50. The van der Waals surface area contributed by atoms with E-state index < -0.39 is 12.2 Å². The average Bonchev–Trinajstić information content (AvgIpc) is 3.07. The fourth-order valence-corrected chi connectivity index (χ4v) is 2.79. The Bertz CT molecular complexity index is 747. The number of rotatable bonds is 2. The normalized spacial score (nSPS) is 23.1. The first kappa shape index (κ1) is 14.9. The molecule has 2 aromatic rings. The Labute approximate surface area is 138 Å². The molecule has 8 nitrogen and oxygen atoms in total. The van der Waals surface area contributed by atoms with E-state index in [1.165, 1.54) is 0 Å². The molecule has 24 heavy (non-hydrogen) atoms. The van der Waals surface area contributed by atoms with Crippen LogP contribution in [-0.2, 0) is 9.53 Å². The maximum absolute atomic E-state index is 12.7. The van der Waals surface area contributed by atoms with Crippen molar-refractivity contribution in [3.05, 3.63) is 36.0 Å². The van der Waals surface area contributed by atoms with Gasteiger partial charge in [0.05, 0.1) is 13.2 Å². The van der Waals surface area contributed by atoms with Gasteiger partial charge in [-0.3, -0.25) is 4.79 Å². The second-order valence-corrected chi connectivity index (χ2v) is 5.67. The van der Waals surface area contributed by atoms with Crippen LogP contribution in [0, 0.1) is 6.92 Å². The predicted octanol–water partition coefficient (Wildman–Crippen LogP) is 1.12. The molecule has 0 N–H and O–H groups in total. The van der Waals surface area contributed by atoms with Crippen LogP contribution in [0.4, 0.5) is 0 Å². The molecule has 2 aliphatic rings. The lowest BCUT2D eigenvalue weighted by molar-refractivity contribution is -0.149. The number of aromatic nitrogens is 2. The Balaban J connectivity index is 1.45. The summed E-state index contributed by atoms with van der Waals surface area (Å²) >= 11 is 0. The molecule has 1 fully saturated rings. The number of carbonyl (C=O) groups is 1. The molecule has 3 heterocycles. The highest BCUT2D eigenvalue weighted by atomic mass is 16.6. The van der Waals surface area contributed by atoms with Gasteiger partial charge < -0.3 is 23.5 Å². The number of fused-ring (bicyclic) bond motifs is 1. The van der Waals surface area contributed by atoms with Crippen molar-refractivity contribution in [3.8, 4) is 11.5 Å². The SMILES string of the molecule is Cc1nnc(C2CN(C(=O)C3COc4ccccc4O3)CCO2)o1. The summed E-state index contributed by atoms with van der Waals surface area (Å²) in [7, 11) is 0. The van der Waals surface area contributed by atoms with Crippen molar-refractivity contribution in [1.82, 2.24) is 15.1 Å². The van der Waals surface area contributed by atoms with E-state index >= 15 is 0 Å². The van der Waals surface area contributed by atoms with Crippen molar-refractivity contribution in [2.24, 2.45) is 0 Å². The van der Waals surface area contributed by atoms with E-state index in [-0.39, 0.29) is 12.5 Å². The topological polar surface area (TPSA) is 86.9 Å². The monoisotopic (exact) mass is 331 g/mol. The fourth-order valence-electron chi connectivity index (χ4n) is 2.79. The molecule has 2 aliphatic heterocycles. The molecule has 126 valence electrons. The van der Waals surface area contributed by atoms with Crippen LogP contribution >= 0.6 is 0 Å². The minimum absolute atomic E-state index is 0.131. The molecule has 8 heteroatoms. The Morgan fingerprint density at radius 3 is 2.88 bits per heavy atom. The summed E-state index contributed by atoms with van der Waals surface area (Å²) in [5.41, 5.74) is 0. The predicted molar refractivity (Wildman–Crippen MR) is 80.7 cm³/mol. The third kappa shape index (κ3) is 2.80. The number of morpholine rings is 1. The Morgan fingerprint density at radius 1 is 1.25 bits per heavy atom. The number of benzene rings is 1. The second kappa shape index (κ2) is 6.12. The molecule has 1 aromatic carbocycles. The molecule has 2 unspecified atom stereocenters. The van der Waals surface area contributed by atoms with E-state index in [0.717, 1.165) is 0 Å². The van der Waals surface area contributed by atoms with Gasteiger partial charge in [-0.25, -0.2) is 0 Å². The number of nitrogens with zero attached hydrogens (tertiary/aromatic N) is 3. The lowest BCUT2D eigenvalue weighted by Gasteiger charge is -2.35. The van der Waals surface area contributed by atoms with Crippen LogP contribution in [0.2, 0.25) is 0 Å². The summed E-state index contributed by atoms with van der Waals surface area (Å²) in [5.74, 6) is 1.96. The minimum Gasteiger partial charge on any atom is -0.485 e. The number of hydrogen-bond donors (Lipinski definition) is 0. The largest absolute Gasteiger partial charge is 0.485 e. The molecule has 0 bridgehead atoms. The second-order valence-electron chi connectivity index (χ2n) is 5.67. The maximum atomic E-state index is 12.7. The van der Waals surface area contributed by atoms with Crippen molar-refractivity contribution in [1.29, 1.82) is 0 Å². The van der Waals surface area contributed by atoms with E-state index in [2.05, 4.69) is 10.2 Å². The molecule has 4 rings (SSSR count). The minimum atomic E-state index is -0.664. The Morgan fingerprint density at radius 2 is 2.08 bits per heavy atom. The van der Waals surface area contributed by atoms with Crippen molar-refractivity contribution < 1.29 is 23.4 Å². The van der Waals surface area contributed by atoms with Gasteiger partial charge in [-0.15, -0.1) is 10.2 Å². The summed E-state index contributed by atoms with van der Waals surface area (Å²) in [6.45, 7) is 3.15. The van der Waals surface area contributed by atoms with Gasteiger partial charge in [0.2, 0.25) is 17.9 Å². The zero-order chi connectivity index (χ0) is 16.5. The van der Waals surface area contributed by atoms with Gasteiger partial charge in [0.1, 0.15) is 6.61 Å². The van der Waals surface area contributed by atoms with Crippen LogP contribution in [0.1, 0.15) is 17.9 Å². The van der Waals surface area contributed by atoms with Crippen molar-refractivity contribution in [3.63, 3.8) is 0 Å². The van der Waals surface area contributed by atoms with E-state index in [1.807, 2.05) is 18.2 Å². The molecular weight excluding hydrogens is 314 g/mol. The lowest BCUT2D eigenvalue weighted by atomic mass is 10.2. The Hall–Kier alpha value is -2.61. The Kier molecular flexibility index (Phi) is 3.81. The summed E-state index contributed by atoms with van der Waals surface area (Å²) in [4.78, 5) is 14.4. The molecule has 0 spiro atoms. The summed E-state index contributed by atoms with van der Waals surface area (Å²) in [5, 5.41) is 7.77. The molecule has 0 aliphatic carbocycles. The average molecular weight is 331 g/mol. The van der Waals surface area contributed by atoms with Crippen LogP contribution < -0.4 is 9.47 Å². The first-order valence-electron chi connectivity index (χ1n) is 7.79. The molecule has 1 saturated heterocycles. The fraction of sp³-hybridized carbons (Fsp3) is 0.438. The van der Waals surface area contributed by atoms with E-state index in [9.17, 15) is 4.79 Å². The van der Waals surface area contributed by atoms with Gasteiger partial charge in [-0.2, -0.15) is 0 Å². The first-order chi connectivity index (χ1) is 11.7. The van der Waals surface area contributed by atoms with Gasteiger partial charge in [0, 0.05) is 13.5 Å². The van der Waals surface area contributed by atoms with Gasteiger partial charge in [0.25, 0.3) is 5.91 Å². The number of ether oxygens (including phenoxy) is 3. The third-order valence-corrected chi connectivity index (χ3v) is 3.98. The van der Waals surface area contributed by atoms with E-state index in [0.29, 0.717) is 43.0 Å². The van der Waals surface area contributed by atoms with E-state index in [4.69, 9.17) is 18.6 Å². The molecule has 2 atom stereocenters. The number of carbonyl (C=O) groups excluding carboxylic acids is 1. The first-order valence-corrected chi connectivity index (χ1v) is 7.79. The molecule has 1 amide bonds. The summed E-state index contributed by atoms with van der Waals surface area (Å²) in [6.07, 6.45) is -1.08. The van der Waals surface area contributed by atoms with E-state index in [1.54, 1.807) is 17.9 Å². The number of aryl methyl sites for hydroxylation is 1. The maximum Gasteiger partial charge on any atom is 0.267 e. The van der Waals surface area contributed by atoms with Crippen LogP contribution in [0.25, 0.3) is 0 Å². The summed E-state index contributed by atoms with van der Waals surface area (Å²) < 4.78 is 22.4. The van der Waals surface area contributed by atoms with Gasteiger partial charge >= 0.3 is 0 Å². The standard InChI is InChI=1S/C16H17N3O5/c1-10-17-18-15(23-10)13-8-19(6-7-21-13)16(20)14-9-22-11-4-2-3-5-12(11)24-14/h2-5,13-14H,6-9H2,1H3. The van der Waals surface area contributed by atoms with Crippen molar-refractivity contribution in [2.75, 3.05) is 26.3 Å². The van der Waals surface area contributed by atoms with Gasteiger partial charge in [-0.05, 0) is 12.1 Å². The van der Waals surface area contributed by atoms with Crippen LogP contribution in [0.15, 0.2) is 28.7 Å². The molecule has 0 radical (unpaired) electrons. The molecule has 1 aromatic heterocycles. The smallest absolute Gasteiger partial charge is 0.267 e. The van der Waals surface area contributed by atoms with Gasteiger partial charge in [0.15, 0.2) is 17.6 Å². The number of amides is 1. The van der Waals surface area contributed by atoms with Gasteiger partial charge in [-0.1, -0.05) is 12.1 Å². The van der Waals surface area contributed by atoms with Crippen molar-refractivity contribution >= 4 is 5.91 Å². The van der Waals surface area contributed by atoms with Crippen LogP contribution in [0.5, 0.6) is 11.5 Å². The summed E-state index contributed by atoms with van der Waals surface area (Å²) in [6, 6.07) is 7.32. The van der Waals surface area contributed by atoms with Crippen LogP contribution in [0.3, 0.4) is 0 Å². The van der Waals surface area contributed by atoms with Crippen molar-refractivity contribution in [2.45, 2.75) is 19.1 Å². The number of para-hydroxylation sites is 2. The number of hydrogen-bond acceptors (Lipinski definition) is 7. The zero-order valence-corrected chi connectivity index (χ0v) is 13.2.